The van der Waals surface area contributed by atoms with Crippen LogP contribution in [0.3, 0.4) is 0 Å². The molecule has 1 N–H and O–H groups in total. The summed E-state index contributed by atoms with van der Waals surface area (Å²) < 4.78 is 0. The first-order valence-corrected chi connectivity index (χ1v) is 7.65. The number of rotatable bonds is 7. The van der Waals surface area contributed by atoms with Gasteiger partial charge in [-0.25, -0.2) is 0 Å². The molecule has 1 aromatic heterocycles. The van der Waals surface area contributed by atoms with Gasteiger partial charge in [-0.2, -0.15) is 0 Å². The molecule has 0 spiro atoms. The van der Waals surface area contributed by atoms with E-state index in [-0.39, 0.29) is 0 Å². The predicted molar refractivity (Wildman–Crippen MR) is 82.3 cm³/mol. The van der Waals surface area contributed by atoms with E-state index in [1.807, 2.05) is 12.3 Å². The number of pyridine rings is 1. The van der Waals surface area contributed by atoms with E-state index in [0.29, 0.717) is 6.04 Å². The van der Waals surface area contributed by atoms with E-state index in [4.69, 9.17) is 0 Å². The van der Waals surface area contributed by atoms with Gasteiger partial charge in [0.15, 0.2) is 0 Å². The summed E-state index contributed by atoms with van der Waals surface area (Å²) in [5, 5.41) is 3.36. The Balaban J connectivity index is 0.000000524. The Labute approximate surface area is 118 Å². The van der Waals surface area contributed by atoms with Crippen LogP contribution in [0.1, 0.15) is 51.8 Å². The highest BCUT2D eigenvalue weighted by Crippen LogP contribution is 2.16. The maximum Gasteiger partial charge on any atom is 0.0572 e. The molecule has 2 rings (SSSR count). The van der Waals surface area contributed by atoms with E-state index >= 15 is 0 Å². The molecule has 0 aliphatic heterocycles. The summed E-state index contributed by atoms with van der Waals surface area (Å²) in [5.74, 6) is 0. The molecule has 1 heterocycles. The molecule has 0 bridgehead atoms. The molecular weight excluding hydrogens is 234 g/mol. The summed E-state index contributed by atoms with van der Waals surface area (Å²) in [4.78, 5) is 6.85. The smallest absolute Gasteiger partial charge is 0.0572 e. The summed E-state index contributed by atoms with van der Waals surface area (Å²) in [6, 6.07) is 6.51. The van der Waals surface area contributed by atoms with Crippen molar-refractivity contribution >= 4 is 0 Å². The van der Waals surface area contributed by atoms with E-state index in [9.17, 15) is 0 Å². The molecule has 3 nitrogen and oxygen atoms in total. The summed E-state index contributed by atoms with van der Waals surface area (Å²) in [6.45, 7) is 10.8. The molecule has 108 valence electrons. The molecule has 0 amide bonds. The number of nitrogens with one attached hydrogen (secondary N) is 1. The summed E-state index contributed by atoms with van der Waals surface area (Å²) in [5.41, 5.74) is 1.15. The zero-order valence-corrected chi connectivity index (χ0v) is 12.7. The lowest BCUT2D eigenvalue weighted by Crippen LogP contribution is -2.34. The molecule has 1 fully saturated rings. The zero-order chi connectivity index (χ0) is 13.9. The molecule has 0 radical (unpaired) electrons. The van der Waals surface area contributed by atoms with Crippen molar-refractivity contribution in [3.63, 3.8) is 0 Å². The molecule has 19 heavy (non-hydrogen) atoms. The van der Waals surface area contributed by atoms with Crippen LogP contribution in [0.25, 0.3) is 0 Å². The van der Waals surface area contributed by atoms with Gasteiger partial charge in [0, 0.05) is 25.3 Å². The molecule has 1 unspecified atom stereocenters. The van der Waals surface area contributed by atoms with Gasteiger partial charge in [0.05, 0.1) is 5.69 Å². The van der Waals surface area contributed by atoms with Gasteiger partial charge in [0.25, 0.3) is 0 Å². The fourth-order valence-electron chi connectivity index (χ4n) is 1.84. The number of hydrogen-bond acceptors (Lipinski definition) is 3. The van der Waals surface area contributed by atoms with Crippen molar-refractivity contribution < 1.29 is 0 Å². The van der Waals surface area contributed by atoms with Crippen molar-refractivity contribution in [3.8, 4) is 0 Å². The zero-order valence-electron chi connectivity index (χ0n) is 12.7. The third kappa shape index (κ3) is 7.28. The van der Waals surface area contributed by atoms with E-state index in [0.717, 1.165) is 31.9 Å². The standard InChI is InChI=1S/C13H23N3.C3H6/c1-4-14-10-11-16(5-2)12(3)13-8-6-7-9-15-13;1-2-3-1/h6-9,12,14H,4-5,10-11H2,1-3H3;1-3H2. The van der Waals surface area contributed by atoms with E-state index in [2.05, 4.69) is 48.1 Å². The Morgan fingerprint density at radius 2 is 2.00 bits per heavy atom. The minimum absolute atomic E-state index is 0.393. The average Bonchev–Trinajstić information content (AvgIpc) is 3.32. The second kappa shape index (κ2) is 9.93. The van der Waals surface area contributed by atoms with Gasteiger partial charge >= 0.3 is 0 Å². The highest BCUT2D eigenvalue weighted by Gasteiger charge is 2.13. The van der Waals surface area contributed by atoms with E-state index in [1.165, 1.54) is 19.3 Å². The van der Waals surface area contributed by atoms with E-state index in [1.54, 1.807) is 0 Å². The van der Waals surface area contributed by atoms with Crippen LogP contribution in [0.15, 0.2) is 24.4 Å². The quantitative estimate of drug-likeness (QED) is 0.765. The lowest BCUT2D eigenvalue weighted by molar-refractivity contribution is 0.219. The van der Waals surface area contributed by atoms with Crippen molar-refractivity contribution in [1.29, 1.82) is 0 Å². The monoisotopic (exact) mass is 263 g/mol. The number of hydrogen-bond donors (Lipinski definition) is 1. The van der Waals surface area contributed by atoms with Crippen LogP contribution in [0.4, 0.5) is 0 Å². The van der Waals surface area contributed by atoms with Crippen molar-refractivity contribution in [3.05, 3.63) is 30.1 Å². The lowest BCUT2D eigenvalue weighted by Gasteiger charge is -2.27. The van der Waals surface area contributed by atoms with Crippen molar-refractivity contribution in [2.45, 2.75) is 46.1 Å². The van der Waals surface area contributed by atoms with Gasteiger partial charge in [0.2, 0.25) is 0 Å². The maximum atomic E-state index is 4.41. The molecule has 0 saturated heterocycles. The fourth-order valence-corrected chi connectivity index (χ4v) is 1.84. The van der Waals surface area contributed by atoms with Gasteiger partial charge in [-0.3, -0.25) is 9.88 Å². The van der Waals surface area contributed by atoms with E-state index < -0.39 is 0 Å². The first-order chi connectivity index (χ1) is 9.29. The molecule has 1 atom stereocenters. The first-order valence-electron chi connectivity index (χ1n) is 7.65. The van der Waals surface area contributed by atoms with Gasteiger partial charge < -0.3 is 5.32 Å². The molecule has 1 aliphatic rings. The lowest BCUT2D eigenvalue weighted by atomic mass is 10.2. The van der Waals surface area contributed by atoms with Gasteiger partial charge in [0.1, 0.15) is 0 Å². The molecule has 0 aromatic carbocycles. The Kier molecular flexibility index (Phi) is 8.43. The Morgan fingerprint density at radius 1 is 1.26 bits per heavy atom. The Morgan fingerprint density at radius 3 is 2.47 bits per heavy atom. The van der Waals surface area contributed by atoms with Crippen LogP contribution in [0.5, 0.6) is 0 Å². The first kappa shape index (κ1) is 16.1. The van der Waals surface area contributed by atoms with Crippen LogP contribution >= 0.6 is 0 Å². The Bertz CT molecular complexity index is 308. The predicted octanol–water partition coefficient (Wildman–Crippen LogP) is 3.24. The van der Waals surface area contributed by atoms with Gasteiger partial charge in [-0.05, 0) is 32.1 Å². The number of nitrogens with zero attached hydrogens (tertiary/aromatic N) is 2. The molecule has 3 heteroatoms. The van der Waals surface area contributed by atoms with Crippen molar-refractivity contribution in [2.75, 3.05) is 26.2 Å². The number of likely N-dealkylation sites (N-methyl/N-ethyl adjacent to an activating group) is 2. The summed E-state index contributed by atoms with van der Waals surface area (Å²) >= 11 is 0. The highest BCUT2D eigenvalue weighted by molar-refractivity contribution is 5.07. The SMILES string of the molecule is C1CC1.CCNCCN(CC)C(C)c1ccccn1. The third-order valence-corrected chi connectivity index (χ3v) is 3.25. The van der Waals surface area contributed by atoms with Crippen LogP contribution in [-0.2, 0) is 0 Å². The Hall–Kier alpha value is -0.930. The minimum Gasteiger partial charge on any atom is -0.316 e. The largest absolute Gasteiger partial charge is 0.316 e. The highest BCUT2D eigenvalue weighted by atomic mass is 15.2. The van der Waals surface area contributed by atoms with Gasteiger partial charge in [-0.15, -0.1) is 0 Å². The maximum absolute atomic E-state index is 4.41. The normalized spacial score (nSPS) is 14.7. The number of aromatic nitrogens is 1. The molecule has 1 aliphatic carbocycles. The molecule has 1 saturated carbocycles. The molecular formula is C16H29N3. The average molecular weight is 263 g/mol. The van der Waals surface area contributed by atoms with Crippen LogP contribution in [0, 0.1) is 0 Å². The second-order valence-corrected chi connectivity index (χ2v) is 4.97. The van der Waals surface area contributed by atoms with Crippen molar-refractivity contribution in [2.24, 2.45) is 0 Å². The summed E-state index contributed by atoms with van der Waals surface area (Å²) in [7, 11) is 0. The van der Waals surface area contributed by atoms with Crippen LogP contribution in [0.2, 0.25) is 0 Å². The third-order valence-electron chi connectivity index (χ3n) is 3.25. The molecule has 1 aromatic rings. The van der Waals surface area contributed by atoms with Crippen molar-refractivity contribution in [1.82, 2.24) is 15.2 Å². The van der Waals surface area contributed by atoms with Crippen LogP contribution in [-0.4, -0.2) is 36.1 Å². The topological polar surface area (TPSA) is 28.2 Å². The summed E-state index contributed by atoms with van der Waals surface area (Å²) in [6.07, 6.45) is 6.37. The fraction of sp³-hybridized carbons (Fsp3) is 0.688. The second-order valence-electron chi connectivity index (χ2n) is 4.97. The van der Waals surface area contributed by atoms with Crippen LogP contribution < -0.4 is 5.32 Å². The van der Waals surface area contributed by atoms with Gasteiger partial charge in [-0.1, -0.05) is 39.2 Å². The minimum atomic E-state index is 0.393.